The molecule has 0 bridgehead atoms. The smallest absolute Gasteiger partial charge is 0.333 e. The van der Waals surface area contributed by atoms with Gasteiger partial charge in [-0.05, 0) is 13.8 Å². The van der Waals surface area contributed by atoms with Gasteiger partial charge in [-0.2, -0.15) is 0 Å². The van der Waals surface area contributed by atoms with Crippen LogP contribution in [0.3, 0.4) is 0 Å². The fourth-order valence-corrected chi connectivity index (χ4v) is 1.32. The third kappa shape index (κ3) is 11.0. The van der Waals surface area contributed by atoms with Crippen molar-refractivity contribution in [1.29, 1.82) is 0 Å². The van der Waals surface area contributed by atoms with Crippen molar-refractivity contribution in [3.63, 3.8) is 0 Å². The third-order valence-corrected chi connectivity index (χ3v) is 2.59. The lowest BCUT2D eigenvalue weighted by molar-refractivity contribution is -0.140. The molecule has 0 aromatic rings. The van der Waals surface area contributed by atoms with E-state index in [2.05, 4.69) is 23.8 Å². The van der Waals surface area contributed by atoms with Gasteiger partial charge in [-0.25, -0.2) is 9.59 Å². The van der Waals surface area contributed by atoms with Gasteiger partial charge in [0.1, 0.15) is 13.2 Å². The summed E-state index contributed by atoms with van der Waals surface area (Å²) in [6, 6.07) is 0. The van der Waals surface area contributed by atoms with Gasteiger partial charge >= 0.3 is 11.9 Å². The quantitative estimate of drug-likeness (QED) is 0.317. The van der Waals surface area contributed by atoms with Crippen molar-refractivity contribution in [3.8, 4) is 0 Å². The number of nitrogens with one attached hydrogen (secondary N) is 2. The Morgan fingerprint density at radius 1 is 0.750 bits per heavy atom. The summed E-state index contributed by atoms with van der Waals surface area (Å²) in [4.78, 5) is 45.2. The molecule has 0 aromatic carbocycles. The molecule has 0 rings (SSSR count). The zero-order valence-corrected chi connectivity index (χ0v) is 14.1. The van der Waals surface area contributed by atoms with Crippen molar-refractivity contribution in [3.05, 3.63) is 24.3 Å². The van der Waals surface area contributed by atoms with Crippen LogP contribution in [-0.4, -0.2) is 50.1 Å². The molecule has 0 heterocycles. The highest BCUT2D eigenvalue weighted by molar-refractivity contribution is 5.87. The molecule has 8 heteroatoms. The average molecular weight is 340 g/mol. The molecule has 0 radical (unpaired) electrons. The second-order valence-corrected chi connectivity index (χ2v) is 5.03. The van der Waals surface area contributed by atoms with Crippen molar-refractivity contribution in [2.45, 2.75) is 26.7 Å². The SMILES string of the molecule is C=C(C)C(=O)OCCNC(=O)CCC(=O)NCCOC(=O)C(=C)C. The topological polar surface area (TPSA) is 111 Å². The van der Waals surface area contributed by atoms with Crippen LogP contribution in [0.2, 0.25) is 0 Å². The first-order valence-electron chi connectivity index (χ1n) is 7.42. The van der Waals surface area contributed by atoms with E-state index in [1.54, 1.807) is 0 Å². The van der Waals surface area contributed by atoms with Gasteiger partial charge in [0.25, 0.3) is 0 Å². The van der Waals surface area contributed by atoms with E-state index < -0.39 is 11.9 Å². The monoisotopic (exact) mass is 340 g/mol. The maximum absolute atomic E-state index is 11.5. The number of hydrogen-bond acceptors (Lipinski definition) is 6. The van der Waals surface area contributed by atoms with Crippen LogP contribution in [0.25, 0.3) is 0 Å². The van der Waals surface area contributed by atoms with E-state index in [1.165, 1.54) is 13.8 Å². The van der Waals surface area contributed by atoms with E-state index in [0.29, 0.717) is 0 Å². The minimum atomic E-state index is -0.518. The molecule has 0 aliphatic carbocycles. The Bertz CT molecular complexity index is 467. The summed E-state index contributed by atoms with van der Waals surface area (Å²) in [5, 5.41) is 5.04. The summed E-state index contributed by atoms with van der Waals surface area (Å²) >= 11 is 0. The maximum atomic E-state index is 11.5. The molecule has 8 nitrogen and oxygen atoms in total. The van der Waals surface area contributed by atoms with Crippen molar-refractivity contribution < 1.29 is 28.7 Å². The highest BCUT2D eigenvalue weighted by Gasteiger charge is 2.08. The Kier molecular flexibility index (Phi) is 10.6. The Morgan fingerprint density at radius 3 is 1.38 bits per heavy atom. The molecule has 24 heavy (non-hydrogen) atoms. The average Bonchev–Trinajstić information content (AvgIpc) is 2.52. The molecule has 134 valence electrons. The molecule has 0 saturated heterocycles. The molecule has 0 aliphatic rings. The van der Waals surface area contributed by atoms with Crippen LogP contribution >= 0.6 is 0 Å². The predicted molar refractivity (Wildman–Crippen MR) is 86.8 cm³/mol. The van der Waals surface area contributed by atoms with Crippen molar-refractivity contribution in [1.82, 2.24) is 10.6 Å². The Balaban J connectivity index is 3.66. The molecule has 0 aliphatic heterocycles. The van der Waals surface area contributed by atoms with E-state index in [1.807, 2.05) is 0 Å². The summed E-state index contributed by atoms with van der Waals surface area (Å²) in [6.07, 6.45) is 0.0115. The van der Waals surface area contributed by atoms with E-state index in [4.69, 9.17) is 9.47 Å². The fourth-order valence-electron chi connectivity index (χ4n) is 1.32. The van der Waals surface area contributed by atoms with Gasteiger partial charge < -0.3 is 20.1 Å². The number of ether oxygens (including phenoxy) is 2. The summed E-state index contributed by atoms with van der Waals surface area (Å²) in [5.74, 6) is -1.69. The van der Waals surface area contributed by atoms with Crippen LogP contribution in [0, 0.1) is 0 Å². The van der Waals surface area contributed by atoms with Gasteiger partial charge in [-0.1, -0.05) is 13.2 Å². The largest absolute Gasteiger partial charge is 0.460 e. The second-order valence-electron chi connectivity index (χ2n) is 5.03. The molecule has 0 fully saturated rings. The van der Waals surface area contributed by atoms with Crippen LogP contribution in [0.15, 0.2) is 24.3 Å². The van der Waals surface area contributed by atoms with E-state index in [9.17, 15) is 19.2 Å². The van der Waals surface area contributed by atoms with Crippen LogP contribution in [0.1, 0.15) is 26.7 Å². The van der Waals surface area contributed by atoms with Crippen molar-refractivity contribution in [2.75, 3.05) is 26.3 Å². The number of rotatable bonds is 11. The molecule has 0 aromatic heterocycles. The van der Waals surface area contributed by atoms with Gasteiger partial charge in [0.2, 0.25) is 11.8 Å². The molecule has 0 atom stereocenters. The highest BCUT2D eigenvalue weighted by Crippen LogP contribution is 1.93. The van der Waals surface area contributed by atoms with Crippen LogP contribution in [0.5, 0.6) is 0 Å². The summed E-state index contributed by atoms with van der Waals surface area (Å²) in [6.45, 7) is 10.3. The van der Waals surface area contributed by atoms with E-state index >= 15 is 0 Å². The number of carbonyl (C=O) groups is 4. The first-order valence-corrected chi connectivity index (χ1v) is 7.42. The first kappa shape index (κ1) is 21.4. The predicted octanol–water partition coefficient (Wildman–Crippen LogP) is 0.238. The Labute approximate surface area is 141 Å². The van der Waals surface area contributed by atoms with Gasteiger partial charge in [0, 0.05) is 24.0 Å². The summed E-state index contributed by atoms with van der Waals surface area (Å²) in [7, 11) is 0. The van der Waals surface area contributed by atoms with Gasteiger partial charge in [-0.3, -0.25) is 9.59 Å². The normalized spacial score (nSPS) is 9.58. The maximum Gasteiger partial charge on any atom is 0.333 e. The lowest BCUT2D eigenvalue weighted by Gasteiger charge is -2.08. The lowest BCUT2D eigenvalue weighted by atomic mass is 10.3. The van der Waals surface area contributed by atoms with Crippen molar-refractivity contribution in [2.24, 2.45) is 0 Å². The molecule has 2 amide bonds. The first-order chi connectivity index (χ1) is 11.2. The lowest BCUT2D eigenvalue weighted by Crippen LogP contribution is -2.31. The van der Waals surface area contributed by atoms with Gasteiger partial charge in [0.05, 0.1) is 13.1 Å². The fraction of sp³-hybridized carbons (Fsp3) is 0.500. The molecular weight excluding hydrogens is 316 g/mol. The van der Waals surface area contributed by atoms with Crippen LogP contribution < -0.4 is 10.6 Å². The van der Waals surface area contributed by atoms with E-state index in [0.717, 1.165) is 0 Å². The second kappa shape index (κ2) is 11.9. The standard InChI is InChI=1S/C16H24N2O6/c1-11(2)15(21)23-9-7-17-13(19)5-6-14(20)18-8-10-24-16(22)12(3)4/h1,3,5-10H2,2,4H3,(H,17,19)(H,18,20). The van der Waals surface area contributed by atoms with Gasteiger partial charge in [0.15, 0.2) is 0 Å². The van der Waals surface area contributed by atoms with Gasteiger partial charge in [-0.15, -0.1) is 0 Å². The Morgan fingerprint density at radius 2 is 1.08 bits per heavy atom. The minimum absolute atomic E-state index is 0.00577. The molecule has 0 spiro atoms. The molecule has 0 saturated carbocycles. The zero-order valence-electron chi connectivity index (χ0n) is 14.1. The number of hydrogen-bond donors (Lipinski definition) is 2. The number of amides is 2. The van der Waals surface area contributed by atoms with E-state index in [-0.39, 0.29) is 62.1 Å². The molecule has 0 unspecified atom stereocenters. The third-order valence-electron chi connectivity index (χ3n) is 2.59. The minimum Gasteiger partial charge on any atom is -0.460 e. The molecule has 2 N–H and O–H groups in total. The number of carbonyl (C=O) groups excluding carboxylic acids is 4. The summed E-state index contributed by atoms with van der Waals surface area (Å²) < 4.78 is 9.60. The zero-order chi connectivity index (χ0) is 18.5. The van der Waals surface area contributed by atoms with Crippen molar-refractivity contribution >= 4 is 23.8 Å². The Hall–Kier alpha value is -2.64. The van der Waals surface area contributed by atoms with Crippen LogP contribution in [0.4, 0.5) is 0 Å². The summed E-state index contributed by atoms with van der Waals surface area (Å²) in [5.41, 5.74) is 0.568. The number of esters is 2. The van der Waals surface area contributed by atoms with Crippen LogP contribution in [-0.2, 0) is 28.7 Å². The highest BCUT2D eigenvalue weighted by atomic mass is 16.5. The molecular formula is C16H24N2O6.